The molecule has 6 heteroatoms. The molecular weight excluding hydrogens is 358 g/mol. The first-order valence-electron chi connectivity index (χ1n) is 9.34. The van der Waals surface area contributed by atoms with Crippen molar-refractivity contribution in [3.63, 3.8) is 0 Å². The molecule has 0 amide bonds. The second-order valence-electron chi connectivity index (χ2n) is 7.61. The Kier molecular flexibility index (Phi) is 3.69. The van der Waals surface area contributed by atoms with Crippen LogP contribution >= 0.6 is 11.6 Å². The van der Waals surface area contributed by atoms with Gasteiger partial charge in [0.2, 0.25) is 0 Å². The van der Waals surface area contributed by atoms with Crippen molar-refractivity contribution >= 4 is 23.0 Å². The first-order chi connectivity index (χ1) is 13.1. The van der Waals surface area contributed by atoms with Crippen molar-refractivity contribution in [3.8, 4) is 11.4 Å². The number of aromatic nitrogens is 3. The minimum Gasteiger partial charge on any atom is -0.366 e. The zero-order valence-electron chi connectivity index (χ0n) is 15.5. The molecule has 0 spiro atoms. The number of anilines is 2. The first kappa shape index (κ1) is 16.6. The molecule has 0 bridgehead atoms. The van der Waals surface area contributed by atoms with E-state index < -0.39 is 0 Å². The molecule has 1 aliphatic carbocycles. The number of rotatable bonds is 3. The maximum Gasteiger partial charge on any atom is 0.163 e. The molecule has 5 rings (SSSR count). The lowest BCUT2D eigenvalue weighted by molar-refractivity contribution is 0.278. The number of nitrogens with one attached hydrogen (secondary N) is 1. The van der Waals surface area contributed by atoms with Crippen molar-refractivity contribution in [1.29, 1.82) is 0 Å². The molecule has 2 heterocycles. The molecule has 0 saturated heterocycles. The summed E-state index contributed by atoms with van der Waals surface area (Å²) in [6, 6.07) is 14.6. The first-order valence-corrected chi connectivity index (χ1v) is 9.72. The van der Waals surface area contributed by atoms with E-state index in [0.717, 1.165) is 41.7 Å². The summed E-state index contributed by atoms with van der Waals surface area (Å²) < 4.78 is 2.16. The summed E-state index contributed by atoms with van der Waals surface area (Å²) in [6.45, 7) is 0.836. The molecule has 3 aromatic rings. The summed E-state index contributed by atoms with van der Waals surface area (Å²) >= 11 is 6.10. The molecule has 1 fully saturated rings. The number of fused-ring (bicyclic) bond motifs is 1. The number of hydrogen-bond donors (Lipinski definition) is 1. The van der Waals surface area contributed by atoms with Crippen LogP contribution in [0.25, 0.3) is 11.4 Å². The zero-order valence-corrected chi connectivity index (χ0v) is 16.3. The summed E-state index contributed by atoms with van der Waals surface area (Å²) in [4.78, 5) is 2.21. The van der Waals surface area contributed by atoms with E-state index in [1.165, 1.54) is 23.4 Å². The molecule has 2 aliphatic rings. The summed E-state index contributed by atoms with van der Waals surface area (Å²) in [6.07, 6.45) is 3.40. The van der Waals surface area contributed by atoms with Gasteiger partial charge in [0.1, 0.15) is 5.82 Å². The Balaban J connectivity index is 1.57. The molecule has 1 saturated carbocycles. The average Bonchev–Trinajstić information content (AvgIpc) is 3.19. The fraction of sp³-hybridized carbons (Fsp3) is 0.333. The van der Waals surface area contributed by atoms with Crippen molar-refractivity contribution in [2.75, 3.05) is 23.9 Å². The second-order valence-corrected chi connectivity index (χ2v) is 8.05. The van der Waals surface area contributed by atoms with Crippen molar-refractivity contribution in [2.45, 2.75) is 24.7 Å². The summed E-state index contributed by atoms with van der Waals surface area (Å²) in [5, 5.41) is 13.4. The van der Waals surface area contributed by atoms with Gasteiger partial charge in [-0.15, -0.1) is 10.2 Å². The lowest BCUT2D eigenvalue weighted by atomic mass is 9.64. The minimum atomic E-state index is -0.0559. The van der Waals surface area contributed by atoms with Gasteiger partial charge in [0.15, 0.2) is 5.82 Å². The Bertz CT molecular complexity index is 1000. The van der Waals surface area contributed by atoms with Crippen LogP contribution in [0, 0.1) is 0 Å². The number of hydrogen-bond acceptors (Lipinski definition) is 4. The molecule has 0 unspecified atom stereocenters. The maximum absolute atomic E-state index is 6.10. The third-order valence-corrected chi connectivity index (χ3v) is 6.33. The lowest BCUT2D eigenvalue weighted by Crippen LogP contribution is -2.38. The highest BCUT2D eigenvalue weighted by Crippen LogP contribution is 2.49. The highest BCUT2D eigenvalue weighted by molar-refractivity contribution is 6.30. The normalized spacial score (nSPS) is 17.4. The van der Waals surface area contributed by atoms with Crippen LogP contribution in [0.5, 0.6) is 0 Å². The van der Waals surface area contributed by atoms with Gasteiger partial charge in [-0.3, -0.25) is 0 Å². The number of benzene rings is 2. The van der Waals surface area contributed by atoms with E-state index in [2.05, 4.69) is 69.4 Å². The van der Waals surface area contributed by atoms with Crippen LogP contribution in [0.3, 0.4) is 0 Å². The van der Waals surface area contributed by atoms with Crippen LogP contribution in [0.15, 0.2) is 42.5 Å². The standard InChI is InChI=1S/C21H22ClN5/c1-26-13-23-17-9-4-14(12-18(17)26)19-24-25-20(27(19)2)21(10-3-11-21)15-5-7-16(22)8-6-15/h4-9,12,23H,3,10-11,13H2,1-2H3. The Morgan fingerprint density at radius 1 is 1.04 bits per heavy atom. The molecule has 1 N–H and O–H groups in total. The molecule has 138 valence electrons. The predicted molar refractivity (Wildman–Crippen MR) is 109 cm³/mol. The molecule has 0 radical (unpaired) electrons. The molecule has 0 atom stereocenters. The largest absolute Gasteiger partial charge is 0.366 e. The molecular formula is C21H22ClN5. The van der Waals surface area contributed by atoms with E-state index in [1.807, 2.05) is 12.1 Å². The minimum absolute atomic E-state index is 0.0559. The molecule has 27 heavy (non-hydrogen) atoms. The van der Waals surface area contributed by atoms with Gasteiger partial charge >= 0.3 is 0 Å². The smallest absolute Gasteiger partial charge is 0.163 e. The van der Waals surface area contributed by atoms with Crippen LogP contribution in [-0.2, 0) is 12.5 Å². The van der Waals surface area contributed by atoms with E-state index in [1.54, 1.807) is 0 Å². The van der Waals surface area contributed by atoms with Gasteiger partial charge in [0.25, 0.3) is 0 Å². The number of nitrogens with zero attached hydrogens (tertiary/aromatic N) is 4. The summed E-state index contributed by atoms with van der Waals surface area (Å²) in [7, 11) is 4.17. The summed E-state index contributed by atoms with van der Waals surface area (Å²) in [5.74, 6) is 1.95. The fourth-order valence-electron chi connectivity index (χ4n) is 4.36. The van der Waals surface area contributed by atoms with E-state index in [-0.39, 0.29) is 5.41 Å². The van der Waals surface area contributed by atoms with Crippen molar-refractivity contribution in [3.05, 3.63) is 58.9 Å². The van der Waals surface area contributed by atoms with Crippen LogP contribution < -0.4 is 10.2 Å². The third-order valence-electron chi connectivity index (χ3n) is 6.08. The van der Waals surface area contributed by atoms with Gasteiger partial charge in [-0.2, -0.15) is 0 Å². The van der Waals surface area contributed by atoms with Gasteiger partial charge in [-0.1, -0.05) is 30.2 Å². The lowest BCUT2D eigenvalue weighted by Gasteiger charge is -2.41. The highest BCUT2D eigenvalue weighted by atomic mass is 35.5. The summed E-state index contributed by atoms with van der Waals surface area (Å²) in [5.41, 5.74) is 4.68. The Hall–Kier alpha value is -2.53. The number of halogens is 1. The molecule has 1 aromatic heterocycles. The van der Waals surface area contributed by atoms with E-state index >= 15 is 0 Å². The Morgan fingerprint density at radius 3 is 2.52 bits per heavy atom. The third kappa shape index (κ3) is 2.45. The zero-order chi connectivity index (χ0) is 18.6. The van der Waals surface area contributed by atoms with E-state index in [0.29, 0.717) is 0 Å². The second kappa shape index (κ2) is 5.99. The average molecular weight is 380 g/mol. The predicted octanol–water partition coefficient (Wildman–Crippen LogP) is 4.42. The SMILES string of the molecule is CN1CNc2ccc(-c3nnc(C4(c5ccc(Cl)cc5)CCC4)n3C)cc21. The molecule has 2 aromatic carbocycles. The Labute approximate surface area is 164 Å². The fourth-order valence-corrected chi connectivity index (χ4v) is 4.49. The van der Waals surface area contributed by atoms with Gasteiger partial charge < -0.3 is 14.8 Å². The topological polar surface area (TPSA) is 46.0 Å². The van der Waals surface area contributed by atoms with Gasteiger partial charge in [0.05, 0.1) is 23.5 Å². The van der Waals surface area contributed by atoms with Crippen molar-refractivity contribution < 1.29 is 0 Å². The highest BCUT2D eigenvalue weighted by Gasteiger charge is 2.44. The van der Waals surface area contributed by atoms with Crippen LogP contribution in [0.2, 0.25) is 5.02 Å². The van der Waals surface area contributed by atoms with Crippen LogP contribution in [-0.4, -0.2) is 28.5 Å². The van der Waals surface area contributed by atoms with E-state index in [9.17, 15) is 0 Å². The van der Waals surface area contributed by atoms with Crippen LogP contribution in [0.4, 0.5) is 11.4 Å². The van der Waals surface area contributed by atoms with Crippen LogP contribution in [0.1, 0.15) is 30.7 Å². The molecule has 5 nitrogen and oxygen atoms in total. The van der Waals surface area contributed by atoms with E-state index in [4.69, 9.17) is 11.6 Å². The van der Waals surface area contributed by atoms with Gasteiger partial charge in [-0.05, 0) is 48.7 Å². The van der Waals surface area contributed by atoms with Crippen molar-refractivity contribution in [2.24, 2.45) is 7.05 Å². The van der Waals surface area contributed by atoms with Gasteiger partial charge in [0, 0.05) is 24.7 Å². The monoisotopic (exact) mass is 379 g/mol. The van der Waals surface area contributed by atoms with Gasteiger partial charge in [-0.25, -0.2) is 0 Å². The molecule has 1 aliphatic heterocycles. The quantitative estimate of drug-likeness (QED) is 0.731. The maximum atomic E-state index is 6.10. The van der Waals surface area contributed by atoms with Crippen molar-refractivity contribution in [1.82, 2.24) is 14.8 Å². The Morgan fingerprint density at radius 2 is 1.81 bits per heavy atom.